The third-order valence-electron chi connectivity index (χ3n) is 2.84. The summed E-state index contributed by atoms with van der Waals surface area (Å²) in [6, 6.07) is 3.61. The van der Waals surface area contributed by atoms with Crippen LogP contribution in [0.4, 0.5) is 5.69 Å². The van der Waals surface area contributed by atoms with Crippen molar-refractivity contribution in [2.45, 2.75) is 6.92 Å². The van der Waals surface area contributed by atoms with Gasteiger partial charge in [-0.25, -0.2) is 9.97 Å². The van der Waals surface area contributed by atoms with Gasteiger partial charge in [0.25, 0.3) is 5.91 Å². The molecule has 0 bridgehead atoms. The minimum Gasteiger partial charge on any atom is -0.320 e. The van der Waals surface area contributed by atoms with Crippen LogP contribution in [0.15, 0.2) is 43.1 Å². The van der Waals surface area contributed by atoms with E-state index in [2.05, 4.69) is 25.5 Å². The first-order chi connectivity index (χ1) is 9.74. The van der Waals surface area contributed by atoms with Crippen molar-refractivity contribution in [3.05, 3.63) is 54.5 Å². The standard InChI is InChI=1S/C13H12N6O/c1-9-14-4-5-19(9)12-3-2-11(8-15-12)18-13(20)10-6-16-17-7-10/h2-8H,1H3,(H,16,17)(H,18,20). The zero-order chi connectivity index (χ0) is 13.9. The summed E-state index contributed by atoms with van der Waals surface area (Å²) in [6.07, 6.45) is 8.15. The van der Waals surface area contributed by atoms with Crippen LogP contribution < -0.4 is 5.32 Å². The summed E-state index contributed by atoms with van der Waals surface area (Å²) in [7, 11) is 0. The van der Waals surface area contributed by atoms with Gasteiger partial charge in [0.1, 0.15) is 11.6 Å². The van der Waals surface area contributed by atoms with Crippen LogP contribution in [0, 0.1) is 6.92 Å². The molecule has 0 saturated carbocycles. The molecule has 3 aromatic rings. The molecule has 7 heteroatoms. The van der Waals surface area contributed by atoms with E-state index in [0.717, 1.165) is 11.6 Å². The van der Waals surface area contributed by atoms with E-state index in [-0.39, 0.29) is 5.91 Å². The topological polar surface area (TPSA) is 88.5 Å². The summed E-state index contributed by atoms with van der Waals surface area (Å²) in [6.45, 7) is 1.90. The van der Waals surface area contributed by atoms with Gasteiger partial charge < -0.3 is 5.32 Å². The lowest BCUT2D eigenvalue weighted by Crippen LogP contribution is -2.11. The van der Waals surface area contributed by atoms with Gasteiger partial charge in [-0.3, -0.25) is 14.5 Å². The molecule has 1 amide bonds. The molecule has 0 unspecified atom stereocenters. The SMILES string of the molecule is Cc1nccn1-c1ccc(NC(=O)c2cn[nH]c2)cn1. The molecule has 0 spiro atoms. The Bertz CT molecular complexity index is 714. The van der Waals surface area contributed by atoms with E-state index >= 15 is 0 Å². The first-order valence-corrected chi connectivity index (χ1v) is 6.00. The number of anilines is 1. The molecule has 0 radical (unpaired) electrons. The first-order valence-electron chi connectivity index (χ1n) is 6.00. The summed E-state index contributed by atoms with van der Waals surface area (Å²) in [5.74, 6) is 1.38. The third-order valence-corrected chi connectivity index (χ3v) is 2.84. The Morgan fingerprint density at radius 2 is 2.20 bits per heavy atom. The quantitative estimate of drug-likeness (QED) is 0.754. The van der Waals surface area contributed by atoms with E-state index in [1.54, 1.807) is 18.5 Å². The highest BCUT2D eigenvalue weighted by Gasteiger charge is 2.07. The van der Waals surface area contributed by atoms with E-state index in [4.69, 9.17) is 0 Å². The van der Waals surface area contributed by atoms with E-state index in [1.807, 2.05) is 23.8 Å². The van der Waals surface area contributed by atoms with Gasteiger partial charge in [0.05, 0.1) is 23.6 Å². The molecular formula is C13H12N6O. The van der Waals surface area contributed by atoms with Crippen molar-refractivity contribution in [3.8, 4) is 5.82 Å². The second-order valence-electron chi connectivity index (χ2n) is 4.19. The molecule has 20 heavy (non-hydrogen) atoms. The lowest BCUT2D eigenvalue weighted by atomic mass is 10.3. The fourth-order valence-corrected chi connectivity index (χ4v) is 1.80. The Morgan fingerprint density at radius 3 is 2.80 bits per heavy atom. The second-order valence-corrected chi connectivity index (χ2v) is 4.19. The number of rotatable bonds is 3. The van der Waals surface area contributed by atoms with Gasteiger partial charge in [-0.15, -0.1) is 0 Å². The van der Waals surface area contributed by atoms with Gasteiger partial charge in [-0.1, -0.05) is 0 Å². The van der Waals surface area contributed by atoms with Gasteiger partial charge in [-0.2, -0.15) is 5.10 Å². The van der Waals surface area contributed by atoms with Gasteiger partial charge in [0.15, 0.2) is 0 Å². The Labute approximate surface area is 114 Å². The van der Waals surface area contributed by atoms with Crippen LogP contribution in [0.25, 0.3) is 5.82 Å². The first kappa shape index (κ1) is 12.1. The van der Waals surface area contributed by atoms with Crippen molar-refractivity contribution in [2.24, 2.45) is 0 Å². The van der Waals surface area contributed by atoms with Crippen LogP contribution in [0.3, 0.4) is 0 Å². The minimum atomic E-state index is -0.230. The highest BCUT2D eigenvalue weighted by atomic mass is 16.1. The number of amides is 1. The molecule has 7 nitrogen and oxygen atoms in total. The maximum Gasteiger partial charge on any atom is 0.258 e. The molecule has 0 saturated heterocycles. The number of aryl methyl sites for hydroxylation is 1. The van der Waals surface area contributed by atoms with Crippen LogP contribution in [-0.2, 0) is 0 Å². The van der Waals surface area contributed by atoms with Crippen LogP contribution in [0.1, 0.15) is 16.2 Å². The van der Waals surface area contributed by atoms with E-state index < -0.39 is 0 Å². The Kier molecular flexibility index (Phi) is 3.00. The smallest absolute Gasteiger partial charge is 0.258 e. The molecule has 3 heterocycles. The number of carbonyl (C=O) groups excluding carboxylic acids is 1. The highest BCUT2D eigenvalue weighted by molar-refractivity contribution is 6.03. The molecule has 3 rings (SSSR count). The molecule has 0 aliphatic rings. The second kappa shape index (κ2) is 4.96. The average molecular weight is 268 g/mol. The van der Waals surface area contributed by atoms with Crippen molar-refractivity contribution in [3.63, 3.8) is 0 Å². The highest BCUT2D eigenvalue weighted by Crippen LogP contribution is 2.12. The number of aromatic amines is 1. The lowest BCUT2D eigenvalue weighted by Gasteiger charge is -2.06. The molecule has 2 N–H and O–H groups in total. The van der Waals surface area contributed by atoms with Crippen molar-refractivity contribution in [1.82, 2.24) is 24.7 Å². The van der Waals surface area contributed by atoms with Crippen molar-refractivity contribution in [1.29, 1.82) is 0 Å². The maximum absolute atomic E-state index is 11.8. The number of imidazole rings is 1. The summed E-state index contributed by atoms with van der Waals surface area (Å²) in [5, 5.41) is 9.07. The molecule has 0 aliphatic heterocycles. The van der Waals surface area contributed by atoms with Crippen molar-refractivity contribution < 1.29 is 4.79 Å². The Balaban J connectivity index is 1.77. The van der Waals surface area contributed by atoms with Gasteiger partial charge in [0, 0.05) is 18.6 Å². The molecule has 3 aromatic heterocycles. The zero-order valence-corrected chi connectivity index (χ0v) is 10.7. The molecular weight excluding hydrogens is 256 g/mol. The monoisotopic (exact) mass is 268 g/mol. The van der Waals surface area contributed by atoms with E-state index in [1.165, 1.54) is 12.4 Å². The fourth-order valence-electron chi connectivity index (χ4n) is 1.80. The maximum atomic E-state index is 11.8. The van der Waals surface area contributed by atoms with E-state index in [9.17, 15) is 4.79 Å². The summed E-state index contributed by atoms with van der Waals surface area (Å²) in [5.41, 5.74) is 1.09. The average Bonchev–Trinajstić information content (AvgIpc) is 3.11. The van der Waals surface area contributed by atoms with Gasteiger partial charge in [-0.05, 0) is 19.1 Å². The molecule has 0 atom stereocenters. The Hall–Kier alpha value is -2.96. The molecule has 100 valence electrons. The zero-order valence-electron chi connectivity index (χ0n) is 10.7. The predicted octanol–water partition coefficient (Wildman–Crippen LogP) is 1.55. The number of aromatic nitrogens is 5. The van der Waals surface area contributed by atoms with Gasteiger partial charge >= 0.3 is 0 Å². The number of carbonyl (C=O) groups is 1. The number of nitrogens with zero attached hydrogens (tertiary/aromatic N) is 4. The fraction of sp³-hybridized carbons (Fsp3) is 0.0769. The van der Waals surface area contributed by atoms with Crippen molar-refractivity contribution >= 4 is 11.6 Å². The predicted molar refractivity (Wildman–Crippen MR) is 72.6 cm³/mol. The van der Waals surface area contributed by atoms with Crippen LogP contribution in [-0.4, -0.2) is 30.6 Å². The van der Waals surface area contributed by atoms with Crippen LogP contribution in [0.5, 0.6) is 0 Å². The number of nitrogens with one attached hydrogen (secondary N) is 2. The van der Waals surface area contributed by atoms with Gasteiger partial charge in [0.2, 0.25) is 0 Å². The summed E-state index contributed by atoms with van der Waals surface area (Å²) >= 11 is 0. The summed E-state index contributed by atoms with van der Waals surface area (Å²) in [4.78, 5) is 20.3. The lowest BCUT2D eigenvalue weighted by molar-refractivity contribution is 0.102. The number of pyridine rings is 1. The Morgan fingerprint density at radius 1 is 1.30 bits per heavy atom. The third kappa shape index (κ3) is 2.28. The number of hydrogen-bond donors (Lipinski definition) is 2. The molecule has 0 aromatic carbocycles. The normalized spacial score (nSPS) is 10.4. The molecule has 0 fully saturated rings. The van der Waals surface area contributed by atoms with Crippen LogP contribution in [0.2, 0.25) is 0 Å². The summed E-state index contributed by atoms with van der Waals surface area (Å²) < 4.78 is 1.86. The van der Waals surface area contributed by atoms with Crippen molar-refractivity contribution in [2.75, 3.05) is 5.32 Å². The minimum absolute atomic E-state index is 0.230. The van der Waals surface area contributed by atoms with Crippen LogP contribution >= 0.6 is 0 Å². The number of H-pyrrole nitrogens is 1. The largest absolute Gasteiger partial charge is 0.320 e. The molecule has 0 aliphatic carbocycles. The number of hydrogen-bond acceptors (Lipinski definition) is 4. The van der Waals surface area contributed by atoms with E-state index in [0.29, 0.717) is 11.3 Å².